The number of likely N-dealkylation sites (tertiary alicyclic amines) is 1. The van der Waals surface area contributed by atoms with Gasteiger partial charge in [-0.25, -0.2) is 8.42 Å². The van der Waals surface area contributed by atoms with Crippen LogP contribution in [0.3, 0.4) is 0 Å². The Bertz CT molecular complexity index is 918. The zero-order valence-electron chi connectivity index (χ0n) is 16.3. The molecule has 0 atom stereocenters. The van der Waals surface area contributed by atoms with Crippen molar-refractivity contribution < 1.29 is 17.9 Å². The van der Waals surface area contributed by atoms with E-state index in [1.807, 2.05) is 4.90 Å². The molecule has 1 saturated heterocycles. The Morgan fingerprint density at radius 3 is 2.18 bits per heavy atom. The highest BCUT2D eigenvalue weighted by atomic mass is 32.2. The molecule has 1 aliphatic heterocycles. The van der Waals surface area contributed by atoms with Crippen LogP contribution in [0.1, 0.15) is 36.0 Å². The number of benzene rings is 2. The molecular formula is C21H26N2O4S. The van der Waals surface area contributed by atoms with Gasteiger partial charge in [0.25, 0.3) is 15.9 Å². The molecule has 0 aliphatic carbocycles. The Hall–Kier alpha value is -2.54. The van der Waals surface area contributed by atoms with Gasteiger partial charge in [0, 0.05) is 25.7 Å². The zero-order valence-corrected chi connectivity index (χ0v) is 17.1. The molecule has 1 heterocycles. The van der Waals surface area contributed by atoms with Gasteiger partial charge in [-0.1, -0.05) is 25.0 Å². The van der Waals surface area contributed by atoms with E-state index in [9.17, 15) is 13.2 Å². The maximum Gasteiger partial charge on any atom is 0.264 e. The summed E-state index contributed by atoms with van der Waals surface area (Å²) in [5.74, 6) is 0.436. The van der Waals surface area contributed by atoms with Crippen LogP contribution >= 0.6 is 0 Å². The average molecular weight is 403 g/mol. The number of ether oxygens (including phenoxy) is 1. The lowest BCUT2D eigenvalue weighted by Crippen LogP contribution is -2.32. The number of carbonyl (C=O) groups excluding carboxylic acids is 1. The molecule has 6 nitrogen and oxygen atoms in total. The van der Waals surface area contributed by atoms with Crippen LogP contribution in [0.25, 0.3) is 0 Å². The van der Waals surface area contributed by atoms with Gasteiger partial charge >= 0.3 is 0 Å². The van der Waals surface area contributed by atoms with Crippen molar-refractivity contribution in [1.29, 1.82) is 0 Å². The molecule has 1 aliphatic rings. The molecule has 150 valence electrons. The van der Waals surface area contributed by atoms with E-state index in [1.165, 1.54) is 30.6 Å². The van der Waals surface area contributed by atoms with Crippen molar-refractivity contribution >= 4 is 21.6 Å². The fraction of sp³-hybridized carbons (Fsp3) is 0.381. The van der Waals surface area contributed by atoms with E-state index >= 15 is 0 Å². The fourth-order valence-corrected chi connectivity index (χ4v) is 4.61. The third kappa shape index (κ3) is 4.14. The minimum atomic E-state index is -3.77. The minimum absolute atomic E-state index is 0.0380. The maximum absolute atomic E-state index is 13.0. The summed E-state index contributed by atoms with van der Waals surface area (Å²) >= 11 is 0. The maximum atomic E-state index is 13.0. The molecule has 0 aromatic heterocycles. The SMILES string of the molecule is COc1ccccc1N(C)S(=O)(=O)c1ccc(C(=O)N2CCCCCC2)cc1. The molecule has 0 saturated carbocycles. The van der Waals surface area contributed by atoms with E-state index in [1.54, 1.807) is 36.4 Å². The molecule has 2 aromatic carbocycles. The third-order valence-electron chi connectivity index (χ3n) is 5.08. The fourth-order valence-electron chi connectivity index (χ4n) is 3.40. The van der Waals surface area contributed by atoms with Gasteiger partial charge in [-0.15, -0.1) is 0 Å². The van der Waals surface area contributed by atoms with Crippen LogP contribution in [0, 0.1) is 0 Å². The summed E-state index contributed by atoms with van der Waals surface area (Å²) < 4.78 is 32.5. The number of hydrogen-bond acceptors (Lipinski definition) is 4. The molecule has 2 aromatic rings. The molecule has 1 fully saturated rings. The summed E-state index contributed by atoms with van der Waals surface area (Å²) in [5.41, 5.74) is 0.968. The van der Waals surface area contributed by atoms with Gasteiger partial charge < -0.3 is 9.64 Å². The van der Waals surface area contributed by atoms with Crippen LogP contribution in [0.15, 0.2) is 53.4 Å². The van der Waals surface area contributed by atoms with E-state index in [-0.39, 0.29) is 10.8 Å². The zero-order chi connectivity index (χ0) is 20.1. The normalized spacial score (nSPS) is 15.0. The first-order valence-electron chi connectivity index (χ1n) is 9.46. The van der Waals surface area contributed by atoms with Gasteiger partial charge in [0.05, 0.1) is 17.7 Å². The Morgan fingerprint density at radius 2 is 1.57 bits per heavy atom. The summed E-state index contributed by atoms with van der Waals surface area (Å²) in [6.45, 7) is 1.52. The van der Waals surface area contributed by atoms with Crippen molar-refractivity contribution in [2.75, 3.05) is 31.6 Å². The lowest BCUT2D eigenvalue weighted by molar-refractivity contribution is 0.0761. The highest BCUT2D eigenvalue weighted by Crippen LogP contribution is 2.31. The second-order valence-electron chi connectivity index (χ2n) is 6.88. The summed E-state index contributed by atoms with van der Waals surface area (Å²) in [6, 6.07) is 13.1. The van der Waals surface area contributed by atoms with Gasteiger partial charge in [0.1, 0.15) is 5.75 Å². The molecule has 3 rings (SSSR count). The average Bonchev–Trinajstić information content (AvgIpc) is 3.02. The number of amides is 1. The van der Waals surface area contributed by atoms with Crippen molar-refractivity contribution in [3.05, 3.63) is 54.1 Å². The first-order chi connectivity index (χ1) is 13.4. The van der Waals surface area contributed by atoms with Crippen molar-refractivity contribution in [2.45, 2.75) is 30.6 Å². The molecule has 0 bridgehead atoms. The second kappa shape index (κ2) is 8.65. The van der Waals surface area contributed by atoms with Gasteiger partial charge in [0.15, 0.2) is 0 Å². The topological polar surface area (TPSA) is 66.9 Å². The minimum Gasteiger partial charge on any atom is -0.495 e. The van der Waals surface area contributed by atoms with E-state index in [2.05, 4.69) is 0 Å². The number of carbonyl (C=O) groups is 1. The van der Waals surface area contributed by atoms with Gasteiger partial charge in [-0.2, -0.15) is 0 Å². The van der Waals surface area contributed by atoms with Gasteiger partial charge in [0.2, 0.25) is 0 Å². The molecule has 1 amide bonds. The smallest absolute Gasteiger partial charge is 0.264 e. The van der Waals surface area contributed by atoms with Crippen molar-refractivity contribution in [3.63, 3.8) is 0 Å². The van der Waals surface area contributed by atoms with Crippen LogP contribution in [-0.2, 0) is 10.0 Å². The van der Waals surface area contributed by atoms with Crippen LogP contribution in [0.2, 0.25) is 0 Å². The number of sulfonamides is 1. The number of anilines is 1. The van der Waals surface area contributed by atoms with Crippen molar-refractivity contribution in [3.8, 4) is 5.75 Å². The predicted octanol–water partition coefficient (Wildman–Crippen LogP) is 3.54. The van der Waals surface area contributed by atoms with Crippen LogP contribution in [-0.4, -0.2) is 46.5 Å². The number of nitrogens with zero attached hydrogens (tertiary/aromatic N) is 2. The predicted molar refractivity (Wildman–Crippen MR) is 109 cm³/mol. The number of rotatable bonds is 5. The Labute approximate surface area is 166 Å². The van der Waals surface area contributed by atoms with Gasteiger partial charge in [-0.05, 0) is 49.2 Å². The summed E-state index contributed by atoms with van der Waals surface area (Å²) in [6.07, 6.45) is 4.33. The largest absolute Gasteiger partial charge is 0.495 e. The van der Waals surface area contributed by atoms with Crippen molar-refractivity contribution in [2.24, 2.45) is 0 Å². The third-order valence-corrected chi connectivity index (χ3v) is 6.86. The lowest BCUT2D eigenvalue weighted by Gasteiger charge is -2.22. The number of para-hydroxylation sites is 2. The quantitative estimate of drug-likeness (QED) is 0.767. The van der Waals surface area contributed by atoms with E-state index in [0.717, 1.165) is 38.8 Å². The highest BCUT2D eigenvalue weighted by Gasteiger charge is 2.24. The van der Waals surface area contributed by atoms with E-state index in [0.29, 0.717) is 17.0 Å². The first kappa shape index (κ1) is 20.2. The molecule has 28 heavy (non-hydrogen) atoms. The Balaban J connectivity index is 1.82. The van der Waals surface area contributed by atoms with E-state index < -0.39 is 10.0 Å². The molecule has 0 radical (unpaired) electrons. The van der Waals surface area contributed by atoms with Crippen molar-refractivity contribution in [1.82, 2.24) is 4.90 Å². The summed E-state index contributed by atoms with van der Waals surface area (Å²) in [4.78, 5) is 14.7. The van der Waals surface area contributed by atoms with Crippen LogP contribution in [0.4, 0.5) is 5.69 Å². The summed E-state index contributed by atoms with van der Waals surface area (Å²) in [5, 5.41) is 0. The number of hydrogen-bond donors (Lipinski definition) is 0. The van der Waals surface area contributed by atoms with Gasteiger partial charge in [-0.3, -0.25) is 9.10 Å². The van der Waals surface area contributed by atoms with Crippen LogP contribution in [0.5, 0.6) is 5.75 Å². The number of methoxy groups -OCH3 is 1. The molecule has 7 heteroatoms. The monoisotopic (exact) mass is 402 g/mol. The molecular weight excluding hydrogens is 376 g/mol. The Morgan fingerprint density at radius 1 is 0.964 bits per heavy atom. The highest BCUT2D eigenvalue weighted by molar-refractivity contribution is 7.92. The molecule has 0 unspecified atom stereocenters. The summed E-state index contributed by atoms with van der Waals surface area (Å²) in [7, 11) is -0.777. The molecule has 0 spiro atoms. The lowest BCUT2D eigenvalue weighted by atomic mass is 10.2. The van der Waals surface area contributed by atoms with Crippen LogP contribution < -0.4 is 9.04 Å². The first-order valence-corrected chi connectivity index (χ1v) is 10.9. The molecule has 0 N–H and O–H groups in total. The van der Waals surface area contributed by atoms with E-state index in [4.69, 9.17) is 4.74 Å². The second-order valence-corrected chi connectivity index (χ2v) is 8.84. The Kier molecular flexibility index (Phi) is 6.24. The standard InChI is InChI=1S/C21H26N2O4S/c1-22(19-9-5-6-10-20(19)27-2)28(25,26)18-13-11-17(12-14-18)21(24)23-15-7-3-4-8-16-23/h5-6,9-14H,3-4,7-8,15-16H2,1-2H3.